The monoisotopic (exact) mass is 566 g/mol. The zero-order valence-electron chi connectivity index (χ0n) is 24.7. The van der Waals surface area contributed by atoms with Gasteiger partial charge in [0.2, 0.25) is 6.71 Å². The van der Waals surface area contributed by atoms with E-state index in [9.17, 15) is 0 Å². The molecule has 0 atom stereocenters. The number of ether oxygens (including phenoxy) is 2. The van der Waals surface area contributed by atoms with Gasteiger partial charge in [0.1, 0.15) is 5.69 Å². The van der Waals surface area contributed by atoms with Crippen LogP contribution >= 0.6 is 0 Å². The summed E-state index contributed by atoms with van der Waals surface area (Å²) in [6.07, 6.45) is 0. The summed E-state index contributed by atoms with van der Waals surface area (Å²) in [6.45, 7) is 6.73. The maximum absolute atomic E-state index is 6.84. The lowest BCUT2D eigenvalue weighted by Gasteiger charge is -2.44. The highest BCUT2D eigenvalue weighted by molar-refractivity contribution is 6.98. The van der Waals surface area contributed by atoms with Gasteiger partial charge in [-0.05, 0) is 56.0 Å². The summed E-state index contributed by atoms with van der Waals surface area (Å²) in [5, 5.41) is 2.45. The average molecular weight is 566 g/mol. The topological polar surface area (TPSA) is 26.6 Å². The minimum Gasteiger partial charge on any atom is -0.453 e. The Morgan fingerprint density at radius 3 is 1.59 bits per heavy atom. The summed E-state index contributed by atoms with van der Waals surface area (Å²) in [5.41, 5.74) is 14.3. The molecule has 1 aromatic heterocycles. The van der Waals surface area contributed by atoms with E-state index < -0.39 is 0 Å². The third kappa shape index (κ3) is 2.98. The fourth-order valence-corrected chi connectivity index (χ4v) is 8.16. The largest absolute Gasteiger partial charge is 0.453 e. The van der Waals surface area contributed by atoms with Crippen LogP contribution in [-0.2, 0) is 0 Å². The number of fused-ring (bicyclic) bond motifs is 3. The lowest BCUT2D eigenvalue weighted by atomic mass is 9.33. The van der Waals surface area contributed by atoms with E-state index in [2.05, 4.69) is 139 Å². The van der Waals surface area contributed by atoms with Crippen LogP contribution in [0.3, 0.4) is 0 Å². The zero-order chi connectivity index (χ0) is 29.3. The number of aryl methyl sites for hydroxylation is 3. The summed E-state index contributed by atoms with van der Waals surface area (Å²) in [6, 6.07) is 39.1. The Labute approximate surface area is 255 Å². The molecule has 0 unspecified atom stereocenters. The highest BCUT2D eigenvalue weighted by Crippen LogP contribution is 2.60. The summed E-state index contributed by atoms with van der Waals surface area (Å²) < 4.78 is 16.0. The van der Waals surface area contributed by atoms with Gasteiger partial charge in [0, 0.05) is 22.9 Å². The molecule has 0 bridgehead atoms. The van der Waals surface area contributed by atoms with E-state index in [1.165, 1.54) is 43.9 Å². The van der Waals surface area contributed by atoms with Crippen LogP contribution in [0.4, 0.5) is 17.1 Å². The van der Waals surface area contributed by atoms with E-state index in [1.807, 2.05) is 0 Å². The SMILES string of the molecule is Cc1cc(C)c(B2c3cccc4c3N3c5c(cc(-n6c7ccccc7c7ccccc76)cc5Oc5cccc2c53)O4)c(C)c1. The number of hydrogen-bond donors (Lipinski definition) is 0. The second-order valence-corrected chi connectivity index (χ2v) is 12.3. The first kappa shape index (κ1) is 24.1. The molecule has 10 rings (SSSR count). The van der Waals surface area contributed by atoms with Crippen molar-refractivity contribution in [3.8, 4) is 28.7 Å². The van der Waals surface area contributed by atoms with Crippen LogP contribution in [0.15, 0.2) is 109 Å². The molecule has 0 aliphatic carbocycles. The Hall–Kier alpha value is -5.42. The van der Waals surface area contributed by atoms with Gasteiger partial charge in [0.05, 0.1) is 28.1 Å². The molecular weight excluding hydrogens is 539 g/mol. The van der Waals surface area contributed by atoms with Gasteiger partial charge in [-0.2, -0.15) is 0 Å². The fraction of sp³-hybridized carbons (Fsp3) is 0.0769. The fourth-order valence-electron chi connectivity index (χ4n) is 8.16. The summed E-state index contributed by atoms with van der Waals surface area (Å²) >= 11 is 0. The number of benzene rings is 6. The third-order valence-corrected chi connectivity index (χ3v) is 9.68. The van der Waals surface area contributed by atoms with Gasteiger partial charge < -0.3 is 14.0 Å². The van der Waals surface area contributed by atoms with Gasteiger partial charge in [0.25, 0.3) is 0 Å². The van der Waals surface area contributed by atoms with Crippen molar-refractivity contribution in [2.45, 2.75) is 20.8 Å². The lowest BCUT2D eigenvalue weighted by molar-refractivity contribution is 0.446. The Morgan fingerprint density at radius 2 is 1.05 bits per heavy atom. The molecule has 3 aliphatic rings. The number of para-hydroxylation sites is 4. The second kappa shape index (κ2) is 8.36. The molecule has 4 heterocycles. The van der Waals surface area contributed by atoms with E-state index in [0.29, 0.717) is 0 Å². The molecule has 3 aliphatic heterocycles. The predicted octanol–water partition coefficient (Wildman–Crippen LogP) is 8.22. The Balaban J connectivity index is 1.25. The highest BCUT2D eigenvalue weighted by Gasteiger charge is 2.45. The number of nitrogens with zero attached hydrogens (tertiary/aromatic N) is 2. The average Bonchev–Trinajstić information content (AvgIpc) is 3.36. The van der Waals surface area contributed by atoms with Gasteiger partial charge >= 0.3 is 0 Å². The van der Waals surface area contributed by atoms with Crippen LogP contribution in [0.25, 0.3) is 27.5 Å². The first-order valence-electron chi connectivity index (χ1n) is 15.2. The number of hydrogen-bond acceptors (Lipinski definition) is 3. The smallest absolute Gasteiger partial charge is 0.247 e. The first-order valence-corrected chi connectivity index (χ1v) is 15.2. The summed E-state index contributed by atoms with van der Waals surface area (Å²) in [5.74, 6) is 3.33. The third-order valence-electron chi connectivity index (χ3n) is 9.68. The van der Waals surface area contributed by atoms with Gasteiger partial charge in [-0.25, -0.2) is 0 Å². The van der Waals surface area contributed by atoms with Crippen LogP contribution in [0.2, 0.25) is 0 Å². The predicted molar refractivity (Wildman–Crippen MR) is 181 cm³/mol. The molecule has 0 saturated heterocycles. The van der Waals surface area contributed by atoms with Gasteiger partial charge in [0.15, 0.2) is 23.0 Å². The van der Waals surface area contributed by atoms with E-state index in [4.69, 9.17) is 9.47 Å². The van der Waals surface area contributed by atoms with Crippen LogP contribution in [0.1, 0.15) is 16.7 Å². The molecule has 208 valence electrons. The molecule has 0 amide bonds. The van der Waals surface area contributed by atoms with Crippen molar-refractivity contribution in [1.82, 2.24) is 4.57 Å². The standard InChI is InChI=1S/C39H27BN2O2/c1-22-18-23(2)36(24(3)19-22)40-28-12-8-16-32-37(28)42-38-29(40)13-9-17-33(38)44-35-21-25(20-34(43-32)39(35)42)41-30-14-6-4-10-26(30)27-11-5-7-15-31(27)41/h4-21H,1-3H3. The van der Waals surface area contributed by atoms with Gasteiger partial charge in [-0.1, -0.05) is 94.9 Å². The quantitative estimate of drug-likeness (QED) is 0.197. The molecule has 44 heavy (non-hydrogen) atoms. The van der Waals surface area contributed by atoms with Crippen LogP contribution in [0.5, 0.6) is 23.0 Å². The molecule has 5 heteroatoms. The van der Waals surface area contributed by atoms with Crippen molar-refractivity contribution in [2.75, 3.05) is 4.90 Å². The minimum atomic E-state index is 0.0731. The second-order valence-electron chi connectivity index (χ2n) is 12.3. The molecular formula is C39H27BN2O2. The van der Waals surface area contributed by atoms with Gasteiger partial charge in [-0.15, -0.1) is 0 Å². The summed E-state index contributed by atoms with van der Waals surface area (Å²) in [4.78, 5) is 2.40. The molecule has 0 saturated carbocycles. The number of rotatable bonds is 2. The zero-order valence-corrected chi connectivity index (χ0v) is 24.7. The van der Waals surface area contributed by atoms with E-state index in [-0.39, 0.29) is 6.71 Å². The van der Waals surface area contributed by atoms with Crippen molar-refractivity contribution >= 4 is 62.0 Å². The van der Waals surface area contributed by atoms with Crippen molar-refractivity contribution < 1.29 is 9.47 Å². The van der Waals surface area contributed by atoms with Crippen LogP contribution < -0.4 is 30.8 Å². The molecule has 4 nitrogen and oxygen atoms in total. The molecule has 0 fully saturated rings. The molecule has 6 aromatic carbocycles. The molecule has 0 N–H and O–H groups in total. The highest BCUT2D eigenvalue weighted by atomic mass is 16.5. The molecule has 0 spiro atoms. The normalized spacial score (nSPS) is 13.6. The number of aromatic nitrogens is 1. The van der Waals surface area contributed by atoms with E-state index in [0.717, 1.165) is 56.8 Å². The minimum absolute atomic E-state index is 0.0731. The molecule has 7 aromatic rings. The Bertz CT molecular complexity index is 2250. The number of anilines is 3. The van der Waals surface area contributed by atoms with E-state index >= 15 is 0 Å². The van der Waals surface area contributed by atoms with Crippen LogP contribution in [-0.4, -0.2) is 11.3 Å². The Morgan fingerprint density at radius 1 is 0.523 bits per heavy atom. The summed E-state index contributed by atoms with van der Waals surface area (Å²) in [7, 11) is 0. The van der Waals surface area contributed by atoms with Crippen molar-refractivity contribution in [3.05, 3.63) is 126 Å². The van der Waals surface area contributed by atoms with E-state index in [1.54, 1.807) is 0 Å². The first-order chi connectivity index (χ1) is 21.6. The maximum atomic E-state index is 6.84. The maximum Gasteiger partial charge on any atom is 0.247 e. The van der Waals surface area contributed by atoms with Crippen molar-refractivity contribution in [2.24, 2.45) is 0 Å². The van der Waals surface area contributed by atoms with Crippen LogP contribution in [0, 0.1) is 20.8 Å². The molecule has 0 radical (unpaired) electrons. The Kier molecular flexibility index (Phi) is 4.57. The van der Waals surface area contributed by atoms with Gasteiger partial charge in [-0.3, -0.25) is 4.90 Å². The van der Waals surface area contributed by atoms with Crippen molar-refractivity contribution in [1.29, 1.82) is 0 Å². The lowest BCUT2D eigenvalue weighted by Crippen LogP contribution is -2.59. The van der Waals surface area contributed by atoms with Crippen molar-refractivity contribution in [3.63, 3.8) is 0 Å².